The molecule has 20 heavy (non-hydrogen) atoms. The number of nitrogens with one attached hydrogen (secondary N) is 1. The molecule has 1 N–H and O–H groups in total. The maximum Gasteiger partial charge on any atom is 0.339 e. The highest BCUT2D eigenvalue weighted by Crippen LogP contribution is 2.23. The number of nitrogens with zero attached hydrogens (tertiary/aromatic N) is 1. The van der Waals surface area contributed by atoms with Crippen LogP contribution in [0.5, 0.6) is 0 Å². The number of ether oxygens (including phenoxy) is 1. The van der Waals surface area contributed by atoms with E-state index >= 15 is 0 Å². The number of benzene rings is 1. The summed E-state index contributed by atoms with van der Waals surface area (Å²) < 4.78 is 19.2. The third kappa shape index (κ3) is 3.54. The smallest absolute Gasteiger partial charge is 0.339 e. The maximum absolute atomic E-state index is 13.6. The van der Waals surface area contributed by atoms with E-state index in [9.17, 15) is 9.18 Å². The van der Waals surface area contributed by atoms with Gasteiger partial charge in [-0.25, -0.2) is 14.2 Å². The minimum atomic E-state index is -0.430. The topological polar surface area (TPSA) is 51.2 Å². The van der Waals surface area contributed by atoms with Crippen LogP contribution in [0.1, 0.15) is 17.3 Å². The fourth-order valence-corrected chi connectivity index (χ4v) is 1.90. The molecule has 0 aliphatic carbocycles. The Morgan fingerprint density at radius 3 is 2.85 bits per heavy atom. The van der Waals surface area contributed by atoms with Crippen molar-refractivity contribution in [3.8, 4) is 0 Å². The fourth-order valence-electron chi connectivity index (χ4n) is 1.53. The van der Waals surface area contributed by atoms with Crippen LogP contribution in [0.15, 0.2) is 41.0 Å². The van der Waals surface area contributed by atoms with Crippen LogP contribution in [0.4, 0.5) is 15.9 Å². The van der Waals surface area contributed by atoms with Crippen molar-refractivity contribution in [3.63, 3.8) is 0 Å². The van der Waals surface area contributed by atoms with E-state index in [-0.39, 0.29) is 5.82 Å². The Bertz CT molecular complexity index is 617. The molecule has 0 fully saturated rings. The van der Waals surface area contributed by atoms with Crippen LogP contribution in [0, 0.1) is 5.82 Å². The molecule has 0 radical (unpaired) electrons. The number of halogens is 2. The zero-order chi connectivity index (χ0) is 14.5. The van der Waals surface area contributed by atoms with Crippen LogP contribution < -0.4 is 5.32 Å². The van der Waals surface area contributed by atoms with Crippen molar-refractivity contribution in [1.82, 2.24) is 4.98 Å². The zero-order valence-corrected chi connectivity index (χ0v) is 12.3. The third-order valence-corrected chi connectivity index (χ3v) is 2.96. The quantitative estimate of drug-likeness (QED) is 0.859. The molecule has 4 nitrogen and oxygen atoms in total. The summed E-state index contributed by atoms with van der Waals surface area (Å²) in [7, 11) is 0. The van der Waals surface area contributed by atoms with Crippen LogP contribution >= 0.6 is 15.9 Å². The van der Waals surface area contributed by atoms with Gasteiger partial charge >= 0.3 is 5.97 Å². The molecule has 0 spiro atoms. The summed E-state index contributed by atoms with van der Waals surface area (Å²) in [4.78, 5) is 15.5. The van der Waals surface area contributed by atoms with E-state index in [2.05, 4.69) is 26.2 Å². The Balaban J connectivity index is 2.14. The molecular weight excluding hydrogens is 327 g/mol. The third-order valence-electron chi connectivity index (χ3n) is 2.47. The van der Waals surface area contributed by atoms with Gasteiger partial charge in [0.25, 0.3) is 0 Å². The first kappa shape index (κ1) is 14.5. The van der Waals surface area contributed by atoms with Crippen LogP contribution in [0.2, 0.25) is 0 Å². The van der Waals surface area contributed by atoms with E-state index < -0.39 is 5.97 Å². The lowest BCUT2D eigenvalue weighted by Gasteiger charge is -2.08. The number of aromatic nitrogens is 1. The minimum absolute atomic E-state index is 0.302. The lowest BCUT2D eigenvalue weighted by Crippen LogP contribution is -2.05. The number of anilines is 2. The van der Waals surface area contributed by atoms with Crippen molar-refractivity contribution >= 4 is 33.4 Å². The molecule has 0 aliphatic rings. The Morgan fingerprint density at radius 1 is 1.40 bits per heavy atom. The van der Waals surface area contributed by atoms with E-state index in [1.54, 1.807) is 31.2 Å². The van der Waals surface area contributed by atoms with Crippen molar-refractivity contribution in [2.75, 3.05) is 11.9 Å². The summed E-state index contributed by atoms with van der Waals surface area (Å²) in [5.41, 5.74) is 0.655. The van der Waals surface area contributed by atoms with E-state index in [4.69, 9.17) is 4.74 Å². The van der Waals surface area contributed by atoms with Gasteiger partial charge in [-0.15, -0.1) is 0 Å². The van der Waals surface area contributed by atoms with E-state index in [1.165, 1.54) is 12.3 Å². The van der Waals surface area contributed by atoms with Crippen LogP contribution in [-0.4, -0.2) is 17.6 Å². The predicted octanol–water partition coefficient (Wildman–Crippen LogP) is 3.90. The number of pyridine rings is 1. The first-order chi connectivity index (χ1) is 9.60. The van der Waals surface area contributed by atoms with Gasteiger partial charge in [0.05, 0.1) is 17.9 Å². The summed E-state index contributed by atoms with van der Waals surface area (Å²) in [6.45, 7) is 2.04. The Hall–Kier alpha value is -1.95. The van der Waals surface area contributed by atoms with E-state index in [0.717, 1.165) is 4.47 Å². The lowest BCUT2D eigenvalue weighted by molar-refractivity contribution is 0.0526. The summed E-state index contributed by atoms with van der Waals surface area (Å²) in [6, 6.07) is 7.73. The van der Waals surface area contributed by atoms with Gasteiger partial charge in [0.2, 0.25) is 0 Å². The van der Waals surface area contributed by atoms with Crippen molar-refractivity contribution in [1.29, 1.82) is 0 Å². The normalized spacial score (nSPS) is 10.2. The molecule has 2 aromatic rings. The summed E-state index contributed by atoms with van der Waals surface area (Å²) in [5.74, 6) is -0.375. The Labute approximate surface area is 124 Å². The molecule has 0 atom stereocenters. The number of hydrogen-bond donors (Lipinski definition) is 1. The molecule has 0 unspecified atom stereocenters. The number of carbonyl (C=O) groups excluding carboxylic acids is 1. The molecule has 0 saturated heterocycles. The van der Waals surface area contributed by atoms with Gasteiger partial charge in [-0.2, -0.15) is 0 Å². The lowest BCUT2D eigenvalue weighted by atomic mass is 10.2. The van der Waals surface area contributed by atoms with Crippen molar-refractivity contribution < 1.29 is 13.9 Å². The first-order valence-electron chi connectivity index (χ1n) is 5.95. The van der Waals surface area contributed by atoms with Gasteiger partial charge in [-0.05, 0) is 37.3 Å². The maximum atomic E-state index is 13.6. The second kappa shape index (κ2) is 6.47. The number of rotatable bonds is 4. The average Bonchev–Trinajstić information content (AvgIpc) is 2.44. The van der Waals surface area contributed by atoms with Gasteiger partial charge in [-0.1, -0.05) is 15.9 Å². The van der Waals surface area contributed by atoms with Gasteiger partial charge < -0.3 is 10.1 Å². The van der Waals surface area contributed by atoms with Gasteiger partial charge in [-0.3, -0.25) is 0 Å². The van der Waals surface area contributed by atoms with Gasteiger partial charge in [0.1, 0.15) is 11.6 Å². The molecule has 104 valence electrons. The molecule has 2 rings (SSSR count). The number of hydrogen-bond acceptors (Lipinski definition) is 4. The van der Waals surface area contributed by atoms with Gasteiger partial charge in [0.15, 0.2) is 0 Å². The molecule has 6 heteroatoms. The standard InChI is InChI=1S/C14H12BrFN2O2/c1-2-20-14(19)9-3-6-13(17-8-9)18-12-7-10(15)4-5-11(12)16/h3-8H,2H2,1H3,(H,17,18). The molecule has 0 bridgehead atoms. The highest BCUT2D eigenvalue weighted by molar-refractivity contribution is 9.10. The molecule has 1 aromatic heterocycles. The highest BCUT2D eigenvalue weighted by atomic mass is 79.9. The second-order valence-electron chi connectivity index (χ2n) is 3.90. The highest BCUT2D eigenvalue weighted by Gasteiger charge is 2.08. The molecule has 0 aliphatic heterocycles. The largest absolute Gasteiger partial charge is 0.462 e. The second-order valence-corrected chi connectivity index (χ2v) is 4.82. The van der Waals surface area contributed by atoms with Gasteiger partial charge in [0, 0.05) is 10.7 Å². The van der Waals surface area contributed by atoms with Crippen LogP contribution in [0.3, 0.4) is 0 Å². The zero-order valence-electron chi connectivity index (χ0n) is 10.7. The minimum Gasteiger partial charge on any atom is -0.462 e. The number of carbonyl (C=O) groups is 1. The average molecular weight is 339 g/mol. The first-order valence-corrected chi connectivity index (χ1v) is 6.74. The van der Waals surface area contributed by atoms with Crippen molar-refractivity contribution in [2.24, 2.45) is 0 Å². The SMILES string of the molecule is CCOC(=O)c1ccc(Nc2cc(Br)ccc2F)nc1. The summed E-state index contributed by atoms with van der Waals surface area (Å²) in [6.07, 6.45) is 1.39. The summed E-state index contributed by atoms with van der Waals surface area (Å²) in [5, 5.41) is 2.84. The van der Waals surface area contributed by atoms with Crippen LogP contribution in [-0.2, 0) is 4.74 Å². The van der Waals surface area contributed by atoms with Crippen LogP contribution in [0.25, 0.3) is 0 Å². The Kier molecular flexibility index (Phi) is 4.68. The van der Waals surface area contributed by atoms with E-state index in [0.29, 0.717) is 23.7 Å². The molecule has 1 aromatic carbocycles. The van der Waals surface area contributed by atoms with Crippen molar-refractivity contribution in [3.05, 3.63) is 52.4 Å². The predicted molar refractivity (Wildman–Crippen MR) is 77.6 cm³/mol. The van der Waals surface area contributed by atoms with E-state index in [1.807, 2.05) is 0 Å². The molecular formula is C14H12BrFN2O2. The summed E-state index contributed by atoms with van der Waals surface area (Å²) >= 11 is 3.27. The molecule has 0 amide bonds. The molecule has 0 saturated carbocycles. The Morgan fingerprint density at radius 2 is 2.20 bits per heavy atom. The fraction of sp³-hybridized carbons (Fsp3) is 0.143. The number of esters is 1. The monoisotopic (exact) mass is 338 g/mol. The van der Waals surface area contributed by atoms with Crippen molar-refractivity contribution in [2.45, 2.75) is 6.92 Å². The molecule has 1 heterocycles.